The zero-order valence-electron chi connectivity index (χ0n) is 11.9. The molecule has 2 aromatic carbocycles. The van der Waals surface area contributed by atoms with Gasteiger partial charge in [0.2, 0.25) is 0 Å². The van der Waals surface area contributed by atoms with Crippen LogP contribution in [0.4, 0.5) is 0 Å². The van der Waals surface area contributed by atoms with E-state index in [1.807, 2.05) is 54.6 Å². The van der Waals surface area contributed by atoms with Crippen LogP contribution in [0.25, 0.3) is 0 Å². The molecule has 0 aliphatic carbocycles. The highest BCUT2D eigenvalue weighted by Gasteiger charge is 2.16. The average Bonchev–Trinajstić information content (AvgIpc) is 2.53. The number of nitrogens with one attached hydrogen (secondary N) is 1. The summed E-state index contributed by atoms with van der Waals surface area (Å²) in [5.41, 5.74) is 2.17. The lowest BCUT2D eigenvalue weighted by atomic mass is 10.0. The topological polar surface area (TPSA) is 41.5 Å². The Balaban J connectivity index is 2.15. The fourth-order valence-electron chi connectivity index (χ4n) is 2.36. The standard InChI is InChI=1S/C17H21NO2/c1-13(15-10-6-7-11-17(15)20-2)18-16(12-19)14-8-4-3-5-9-14/h3-11,13,16,18-19H,12H2,1-2H3/t13?,16-/m1/s1. The maximum Gasteiger partial charge on any atom is 0.123 e. The van der Waals surface area contributed by atoms with Crippen molar-refractivity contribution in [2.75, 3.05) is 13.7 Å². The van der Waals surface area contributed by atoms with E-state index in [4.69, 9.17) is 4.74 Å². The lowest BCUT2D eigenvalue weighted by Crippen LogP contribution is -2.27. The Morgan fingerprint density at radius 1 is 1.05 bits per heavy atom. The highest BCUT2D eigenvalue weighted by molar-refractivity contribution is 5.35. The van der Waals surface area contributed by atoms with E-state index in [1.165, 1.54) is 0 Å². The van der Waals surface area contributed by atoms with Crippen molar-refractivity contribution in [3.63, 3.8) is 0 Å². The maximum atomic E-state index is 9.61. The van der Waals surface area contributed by atoms with Crippen LogP contribution >= 0.6 is 0 Å². The maximum absolute atomic E-state index is 9.61. The SMILES string of the molecule is COc1ccccc1C(C)N[C@H](CO)c1ccccc1. The van der Waals surface area contributed by atoms with Gasteiger partial charge in [0.15, 0.2) is 0 Å². The quantitative estimate of drug-likeness (QED) is 0.848. The molecule has 2 N–H and O–H groups in total. The fraction of sp³-hybridized carbons (Fsp3) is 0.294. The van der Waals surface area contributed by atoms with Crippen LogP contribution in [0.3, 0.4) is 0 Å². The first-order valence-electron chi connectivity index (χ1n) is 6.81. The Kier molecular flexibility index (Phi) is 5.16. The molecule has 20 heavy (non-hydrogen) atoms. The lowest BCUT2D eigenvalue weighted by molar-refractivity contribution is 0.234. The number of aliphatic hydroxyl groups is 1. The molecule has 0 aromatic heterocycles. The van der Waals surface area contributed by atoms with E-state index in [9.17, 15) is 5.11 Å². The van der Waals surface area contributed by atoms with Crippen molar-refractivity contribution in [2.24, 2.45) is 0 Å². The van der Waals surface area contributed by atoms with Gasteiger partial charge in [-0.05, 0) is 18.6 Å². The van der Waals surface area contributed by atoms with Gasteiger partial charge in [-0.1, -0.05) is 48.5 Å². The predicted molar refractivity (Wildman–Crippen MR) is 80.8 cm³/mol. The highest BCUT2D eigenvalue weighted by atomic mass is 16.5. The first-order chi connectivity index (χ1) is 9.76. The van der Waals surface area contributed by atoms with Crippen LogP contribution in [-0.4, -0.2) is 18.8 Å². The van der Waals surface area contributed by atoms with Crippen molar-refractivity contribution >= 4 is 0 Å². The van der Waals surface area contributed by atoms with E-state index in [0.717, 1.165) is 16.9 Å². The van der Waals surface area contributed by atoms with Crippen molar-refractivity contribution in [3.05, 3.63) is 65.7 Å². The zero-order valence-corrected chi connectivity index (χ0v) is 11.9. The van der Waals surface area contributed by atoms with Gasteiger partial charge < -0.3 is 15.2 Å². The van der Waals surface area contributed by atoms with Gasteiger partial charge in [-0.3, -0.25) is 0 Å². The molecule has 2 atom stereocenters. The monoisotopic (exact) mass is 271 g/mol. The third-order valence-electron chi connectivity index (χ3n) is 3.44. The summed E-state index contributed by atoms with van der Waals surface area (Å²) < 4.78 is 5.38. The summed E-state index contributed by atoms with van der Waals surface area (Å²) in [5, 5.41) is 13.1. The summed E-state index contributed by atoms with van der Waals surface area (Å²) in [7, 11) is 1.67. The van der Waals surface area contributed by atoms with E-state index in [-0.39, 0.29) is 18.7 Å². The summed E-state index contributed by atoms with van der Waals surface area (Å²) in [5.74, 6) is 0.859. The Morgan fingerprint density at radius 2 is 1.70 bits per heavy atom. The molecule has 2 aromatic rings. The molecule has 0 aliphatic rings. The van der Waals surface area contributed by atoms with Gasteiger partial charge >= 0.3 is 0 Å². The molecule has 0 fully saturated rings. The molecule has 0 spiro atoms. The molecule has 0 heterocycles. The van der Waals surface area contributed by atoms with Crippen LogP contribution < -0.4 is 10.1 Å². The Hall–Kier alpha value is -1.84. The van der Waals surface area contributed by atoms with Gasteiger partial charge in [-0.25, -0.2) is 0 Å². The molecule has 0 radical (unpaired) electrons. The summed E-state index contributed by atoms with van der Waals surface area (Å²) in [6, 6.07) is 17.9. The number of benzene rings is 2. The molecule has 3 nitrogen and oxygen atoms in total. The largest absolute Gasteiger partial charge is 0.496 e. The van der Waals surface area contributed by atoms with Gasteiger partial charge in [0.25, 0.3) is 0 Å². The number of hydrogen-bond donors (Lipinski definition) is 2. The van der Waals surface area contributed by atoms with Crippen LogP contribution in [0, 0.1) is 0 Å². The number of aliphatic hydroxyl groups excluding tert-OH is 1. The summed E-state index contributed by atoms with van der Waals surface area (Å²) in [6.07, 6.45) is 0. The number of para-hydroxylation sites is 1. The van der Waals surface area contributed by atoms with E-state index < -0.39 is 0 Å². The second kappa shape index (κ2) is 7.08. The predicted octanol–water partition coefficient (Wildman–Crippen LogP) is 3.08. The number of hydrogen-bond acceptors (Lipinski definition) is 3. The van der Waals surface area contributed by atoms with Crippen molar-refractivity contribution in [2.45, 2.75) is 19.0 Å². The second-order valence-electron chi connectivity index (χ2n) is 4.78. The van der Waals surface area contributed by atoms with Crippen molar-refractivity contribution in [1.82, 2.24) is 5.32 Å². The minimum Gasteiger partial charge on any atom is -0.496 e. The number of ether oxygens (including phenoxy) is 1. The molecule has 0 bridgehead atoms. The zero-order chi connectivity index (χ0) is 14.4. The molecule has 2 rings (SSSR count). The third kappa shape index (κ3) is 3.38. The highest BCUT2D eigenvalue weighted by Crippen LogP contribution is 2.26. The smallest absolute Gasteiger partial charge is 0.123 e. The van der Waals surface area contributed by atoms with E-state index in [2.05, 4.69) is 12.2 Å². The molecule has 3 heteroatoms. The average molecular weight is 271 g/mol. The first-order valence-corrected chi connectivity index (χ1v) is 6.81. The molecule has 106 valence electrons. The molecule has 1 unspecified atom stereocenters. The van der Waals surface area contributed by atoms with Crippen LogP contribution in [0.1, 0.15) is 30.1 Å². The van der Waals surface area contributed by atoms with E-state index in [0.29, 0.717) is 0 Å². The van der Waals surface area contributed by atoms with Crippen molar-refractivity contribution in [1.29, 1.82) is 0 Å². The van der Waals surface area contributed by atoms with Crippen molar-refractivity contribution < 1.29 is 9.84 Å². The summed E-state index contributed by atoms with van der Waals surface area (Å²) in [4.78, 5) is 0. The summed E-state index contributed by atoms with van der Waals surface area (Å²) >= 11 is 0. The molecular formula is C17H21NO2. The van der Waals surface area contributed by atoms with Gasteiger partial charge in [-0.2, -0.15) is 0 Å². The van der Waals surface area contributed by atoms with E-state index >= 15 is 0 Å². The molecule has 0 amide bonds. The Bertz CT molecular complexity index is 528. The molecule has 0 saturated heterocycles. The molecule has 0 saturated carbocycles. The number of methoxy groups -OCH3 is 1. The van der Waals surface area contributed by atoms with Crippen LogP contribution in [-0.2, 0) is 0 Å². The van der Waals surface area contributed by atoms with Gasteiger partial charge in [0.05, 0.1) is 19.8 Å². The Morgan fingerprint density at radius 3 is 2.35 bits per heavy atom. The minimum atomic E-state index is -0.0869. The van der Waals surface area contributed by atoms with Gasteiger partial charge in [0.1, 0.15) is 5.75 Å². The molecule has 0 aliphatic heterocycles. The fourth-order valence-corrected chi connectivity index (χ4v) is 2.36. The minimum absolute atomic E-state index is 0.0590. The summed E-state index contributed by atoms with van der Waals surface area (Å²) in [6.45, 7) is 2.13. The van der Waals surface area contributed by atoms with Crippen LogP contribution in [0.2, 0.25) is 0 Å². The first kappa shape index (κ1) is 14.6. The third-order valence-corrected chi connectivity index (χ3v) is 3.44. The van der Waals surface area contributed by atoms with Gasteiger partial charge in [-0.15, -0.1) is 0 Å². The normalized spacial score (nSPS) is 13.8. The van der Waals surface area contributed by atoms with Crippen LogP contribution in [0.5, 0.6) is 5.75 Å². The Labute approximate surface area is 120 Å². The van der Waals surface area contributed by atoms with Crippen LogP contribution in [0.15, 0.2) is 54.6 Å². The van der Waals surface area contributed by atoms with Crippen molar-refractivity contribution in [3.8, 4) is 5.75 Å². The second-order valence-corrected chi connectivity index (χ2v) is 4.78. The number of rotatable bonds is 6. The van der Waals surface area contributed by atoms with E-state index in [1.54, 1.807) is 7.11 Å². The van der Waals surface area contributed by atoms with Gasteiger partial charge in [0, 0.05) is 11.6 Å². The molecular weight excluding hydrogens is 250 g/mol. The lowest BCUT2D eigenvalue weighted by Gasteiger charge is -2.23.